The van der Waals surface area contributed by atoms with E-state index in [1.165, 1.54) is 0 Å². The number of urea groups is 2. The molecule has 1 heterocycles. The fraction of sp³-hybridized carbons (Fsp3) is 0.542. The van der Waals surface area contributed by atoms with Gasteiger partial charge in [0.05, 0.1) is 16.9 Å². The number of rotatable bonds is 7. The minimum absolute atomic E-state index is 0.101. The lowest BCUT2D eigenvalue weighted by atomic mass is 9.87. The third-order valence-electron chi connectivity index (χ3n) is 6.16. The zero-order chi connectivity index (χ0) is 28.4. The smallest absolute Gasteiger partial charge is 0.328 e. The molecule has 0 aromatic heterocycles. The van der Waals surface area contributed by atoms with Gasteiger partial charge in [0.1, 0.15) is 0 Å². The zero-order valence-corrected chi connectivity index (χ0v) is 20.5. The molecular weight excluding hydrogens is 456 g/mol. The first-order valence-corrected chi connectivity index (χ1v) is 13.0. The second-order valence-corrected chi connectivity index (χ2v) is 10.4. The highest BCUT2D eigenvalue weighted by Crippen LogP contribution is 2.23. The quantitative estimate of drug-likeness (QED) is 0.537. The highest BCUT2D eigenvalue weighted by atomic mass is 32.2. The number of benzene rings is 1. The molecule has 0 unspecified atom stereocenters. The number of hydrogen-bond acceptors (Lipinski definition) is 5. The van der Waals surface area contributed by atoms with Crippen LogP contribution in [0.3, 0.4) is 0 Å². The molecule has 2 aliphatic rings. The van der Waals surface area contributed by atoms with E-state index in [1.54, 1.807) is 6.92 Å². The highest BCUT2D eigenvalue weighted by Gasteiger charge is 2.31. The average Bonchev–Trinajstić information content (AvgIpc) is 3.13. The second kappa shape index (κ2) is 11.0. The molecule has 1 aliphatic heterocycles. The summed E-state index contributed by atoms with van der Waals surface area (Å²) in [5.41, 5.74) is 1.28. The summed E-state index contributed by atoms with van der Waals surface area (Å²) in [5.74, 6) is 0.156. The molecule has 0 atom stereocenters. The first kappa shape index (κ1) is 20.5. The minimum Gasteiger partial charge on any atom is -0.337 e. The molecule has 9 nitrogen and oxygen atoms in total. The number of imide groups is 1. The first-order chi connectivity index (χ1) is 17.8. The Bertz CT molecular complexity index is 1250. The van der Waals surface area contributed by atoms with Gasteiger partial charge in [-0.25, -0.2) is 22.7 Å². The van der Waals surface area contributed by atoms with Crippen molar-refractivity contribution in [3.05, 3.63) is 40.9 Å². The van der Waals surface area contributed by atoms with Crippen molar-refractivity contribution in [1.82, 2.24) is 20.3 Å². The Hall–Kier alpha value is -2.88. The number of carbonyl (C=O) groups is 3. The van der Waals surface area contributed by atoms with Gasteiger partial charge >= 0.3 is 12.1 Å². The van der Waals surface area contributed by atoms with Crippen LogP contribution in [0.5, 0.6) is 0 Å². The number of nitrogens with zero attached hydrogens (tertiary/aromatic N) is 1. The van der Waals surface area contributed by atoms with Gasteiger partial charge in [0.15, 0.2) is 0 Å². The van der Waals surface area contributed by atoms with Gasteiger partial charge in [-0.15, -0.1) is 0 Å². The van der Waals surface area contributed by atoms with E-state index in [-0.39, 0.29) is 37.0 Å². The first-order valence-electron chi connectivity index (χ1n) is 13.5. The van der Waals surface area contributed by atoms with Crippen LogP contribution in [-0.2, 0) is 21.2 Å². The molecule has 186 valence electrons. The molecule has 10 heteroatoms. The number of nitrogens with one attached hydrogen (secondary N) is 3. The molecule has 0 spiro atoms. The summed E-state index contributed by atoms with van der Waals surface area (Å²) in [4.78, 5) is 37.3. The molecular formula is C24H34N4O5S. The Balaban J connectivity index is 1.69. The van der Waals surface area contributed by atoms with Gasteiger partial charge in [-0.05, 0) is 74.6 Å². The molecule has 1 aromatic carbocycles. The summed E-state index contributed by atoms with van der Waals surface area (Å²) in [6, 6.07) is -4.64. The topological polar surface area (TPSA) is 125 Å². The molecule has 1 aliphatic carbocycles. The lowest BCUT2D eigenvalue weighted by Gasteiger charge is -2.26. The monoisotopic (exact) mass is 494 g/mol. The molecule has 1 fully saturated rings. The van der Waals surface area contributed by atoms with E-state index >= 15 is 0 Å². The van der Waals surface area contributed by atoms with Crippen molar-refractivity contribution in [1.29, 1.82) is 0 Å². The maximum Gasteiger partial charge on any atom is 0.328 e. The maximum atomic E-state index is 12.9. The highest BCUT2D eigenvalue weighted by molar-refractivity contribution is 7.90. The molecule has 0 saturated heterocycles. The van der Waals surface area contributed by atoms with Gasteiger partial charge in [0, 0.05) is 18.2 Å². The second-order valence-electron chi connectivity index (χ2n) is 8.83. The third kappa shape index (κ3) is 6.37. The summed E-state index contributed by atoms with van der Waals surface area (Å²) in [6.45, 7) is 5.77. The lowest BCUT2D eigenvalue weighted by molar-refractivity contribution is -0.123. The predicted molar refractivity (Wildman–Crippen MR) is 129 cm³/mol. The van der Waals surface area contributed by atoms with E-state index in [0.29, 0.717) is 30.8 Å². The molecule has 3 N–H and O–H groups in total. The third-order valence-corrected chi connectivity index (χ3v) is 7.36. The van der Waals surface area contributed by atoms with Crippen LogP contribution in [0.2, 0.25) is 0 Å². The van der Waals surface area contributed by atoms with Crippen LogP contribution in [0, 0.1) is 5.92 Å². The summed E-state index contributed by atoms with van der Waals surface area (Å²) >= 11 is 0. The Morgan fingerprint density at radius 2 is 1.79 bits per heavy atom. The van der Waals surface area contributed by atoms with E-state index in [0.717, 1.165) is 23.3 Å². The van der Waals surface area contributed by atoms with Crippen LogP contribution in [-0.4, -0.2) is 50.4 Å². The van der Waals surface area contributed by atoms with Gasteiger partial charge in [-0.3, -0.25) is 9.69 Å². The summed E-state index contributed by atoms with van der Waals surface area (Å²) < 4.78 is 60.5. The minimum atomic E-state index is -4.70. The SMILES string of the molecule is [2H]c1c([2H])c(S(=O)(=O)NC(=O)NC2CCC(C)CC2)c([2H])c([2H])c1CCNC(=O)N1CC(C)=C(CC)C1=O. The Morgan fingerprint density at radius 3 is 2.38 bits per heavy atom. The molecule has 3 rings (SSSR count). The number of carbonyl (C=O) groups excluding carboxylic acids is 3. The normalized spacial score (nSPS) is 22.6. The van der Waals surface area contributed by atoms with Crippen LogP contribution in [0.15, 0.2) is 40.2 Å². The molecule has 1 saturated carbocycles. The average molecular weight is 495 g/mol. The van der Waals surface area contributed by atoms with Gasteiger partial charge < -0.3 is 10.6 Å². The number of amides is 5. The van der Waals surface area contributed by atoms with Gasteiger partial charge in [-0.1, -0.05) is 25.9 Å². The van der Waals surface area contributed by atoms with Crippen LogP contribution >= 0.6 is 0 Å². The van der Waals surface area contributed by atoms with E-state index < -0.39 is 51.2 Å². The van der Waals surface area contributed by atoms with Crippen molar-refractivity contribution in [2.75, 3.05) is 13.1 Å². The van der Waals surface area contributed by atoms with Gasteiger partial charge in [0.25, 0.3) is 15.9 Å². The Labute approximate surface area is 207 Å². The standard InChI is InChI=1S/C24H34N4O5S/c1-4-21-17(3)15-28(22(21)29)24(31)25-14-13-18-7-11-20(12-8-18)34(32,33)27-23(30)26-19-9-5-16(2)6-10-19/h7-8,11-12,16,19H,4-6,9-10,13-15H2,1-3H3,(H,25,31)(H2,26,27,30)/i7D,8D,11D,12D. The van der Waals surface area contributed by atoms with E-state index in [4.69, 9.17) is 5.48 Å². The van der Waals surface area contributed by atoms with Crippen LogP contribution in [0.25, 0.3) is 0 Å². The van der Waals surface area contributed by atoms with Crippen molar-refractivity contribution < 1.29 is 28.3 Å². The zero-order valence-electron chi connectivity index (χ0n) is 23.7. The fourth-order valence-corrected chi connectivity index (χ4v) is 4.91. The van der Waals surface area contributed by atoms with Crippen molar-refractivity contribution in [2.24, 2.45) is 5.92 Å². The molecule has 5 amide bonds. The maximum absolute atomic E-state index is 12.9. The van der Waals surface area contributed by atoms with E-state index in [1.807, 2.05) is 11.6 Å². The fourth-order valence-electron chi connectivity index (χ4n) is 4.14. The van der Waals surface area contributed by atoms with Gasteiger partial charge in [-0.2, -0.15) is 0 Å². The van der Waals surface area contributed by atoms with Crippen molar-refractivity contribution in [2.45, 2.75) is 70.2 Å². The molecule has 34 heavy (non-hydrogen) atoms. The van der Waals surface area contributed by atoms with Crippen LogP contribution in [0.4, 0.5) is 9.59 Å². The number of hydrogen-bond donors (Lipinski definition) is 3. The lowest BCUT2D eigenvalue weighted by Crippen LogP contribution is -2.45. The number of sulfonamides is 1. The van der Waals surface area contributed by atoms with Gasteiger partial charge in [0.2, 0.25) is 0 Å². The summed E-state index contributed by atoms with van der Waals surface area (Å²) in [6.07, 6.45) is 3.60. The van der Waals surface area contributed by atoms with E-state index in [9.17, 15) is 22.8 Å². The van der Waals surface area contributed by atoms with Crippen LogP contribution in [0.1, 0.15) is 63.9 Å². The Kier molecular flexibility index (Phi) is 6.65. The van der Waals surface area contributed by atoms with E-state index in [2.05, 4.69) is 17.6 Å². The predicted octanol–water partition coefficient (Wildman–Crippen LogP) is 3.07. The largest absolute Gasteiger partial charge is 0.337 e. The van der Waals surface area contributed by atoms with Crippen molar-refractivity contribution in [3.63, 3.8) is 0 Å². The van der Waals surface area contributed by atoms with Crippen LogP contribution < -0.4 is 15.4 Å². The molecule has 1 aromatic rings. The summed E-state index contributed by atoms with van der Waals surface area (Å²) in [7, 11) is -4.70. The molecule has 0 radical (unpaired) electrons. The van der Waals surface area contributed by atoms with Crippen molar-refractivity contribution >= 4 is 28.0 Å². The summed E-state index contributed by atoms with van der Waals surface area (Å²) in [5, 5.41) is 5.14. The Morgan fingerprint density at radius 1 is 1.15 bits per heavy atom. The molecule has 0 bridgehead atoms. The van der Waals surface area contributed by atoms with Crippen molar-refractivity contribution in [3.8, 4) is 0 Å².